The molecule has 0 aliphatic carbocycles. The summed E-state index contributed by atoms with van der Waals surface area (Å²) in [5.41, 5.74) is 8.92. The molecule has 11 atom stereocenters. The van der Waals surface area contributed by atoms with Gasteiger partial charge in [0.05, 0.1) is 25.9 Å². The molecule has 2 saturated heterocycles. The number of hydrogen-bond donors (Lipinski definition) is 11. The lowest BCUT2D eigenvalue weighted by Crippen LogP contribution is -2.38. The Morgan fingerprint density at radius 2 is 1.23 bits per heavy atom. The topological polar surface area (TPSA) is 463 Å². The molecule has 13 N–H and O–H groups in total. The summed E-state index contributed by atoms with van der Waals surface area (Å²) in [7, 11) is -21.9. The molecular weight excluding hydrogens is 852 g/mol. The van der Waals surface area contributed by atoms with Crippen LogP contribution in [0, 0.1) is 0 Å². The van der Waals surface area contributed by atoms with E-state index in [1.807, 2.05) is 0 Å². The Morgan fingerprint density at radius 3 is 1.77 bits per heavy atom. The first kappa shape index (κ1) is 42.2. The minimum Gasteiger partial charge on any atom is -0.387 e. The molecule has 0 spiro atoms. The number of fused-ring (bicyclic) bond motifs is 2. The van der Waals surface area contributed by atoms with Crippen molar-refractivity contribution in [2.75, 3.05) is 31.8 Å². The van der Waals surface area contributed by atoms with Gasteiger partial charge in [-0.3, -0.25) is 42.3 Å². The SMILES string of the molecule is CO[C@@H]1[C@H](OP(=O)(O)OC[C@H]2O[C@@H](n3cnc4c(=O)[nH]c(N)nc43)[C@H](O)[C@@H]2O)C(COP(=O)(O)OP(=O)(O)OP(=O)(O)O)O[C@H]1n1cnc2c(=O)[nH]c(N)nc21. The standard InChI is InChI=1S/C21H30N10O21P4/c1-45-13-12(50-54(39,40)46-2-6-10(32)11(33)18(48-6)30-4-24-8-14(30)26-20(22)28-16(8)34)7(3-47-55(41,42)52-56(43,44)51-53(36,37)38)49-19(13)31-5-25-9-15(31)27-21(23)29-17(9)35/h4-7,10-13,18-19,32-33H,2-3H2,1H3,(H,39,40)(H,41,42)(H,43,44)(H2,36,37,38)(H3,22,26,28,34)(H3,23,27,29,35)/t6-,7?,10-,11-,12-,13-,18-,19-/m1/s1. The number of phosphoric ester groups is 2. The lowest BCUT2D eigenvalue weighted by molar-refractivity contribution is -0.0581. The number of aliphatic hydroxyl groups is 2. The smallest absolute Gasteiger partial charge is 0.387 e. The van der Waals surface area contributed by atoms with E-state index < -0.39 is 105 Å². The van der Waals surface area contributed by atoms with E-state index in [0.717, 1.165) is 28.9 Å². The van der Waals surface area contributed by atoms with Crippen molar-refractivity contribution in [3.8, 4) is 0 Å². The van der Waals surface area contributed by atoms with Gasteiger partial charge >= 0.3 is 31.3 Å². The van der Waals surface area contributed by atoms with E-state index in [1.54, 1.807) is 0 Å². The summed E-state index contributed by atoms with van der Waals surface area (Å²) < 4.78 is 90.2. The molecule has 2 aliphatic heterocycles. The molecule has 35 heteroatoms. The van der Waals surface area contributed by atoms with Crippen molar-refractivity contribution in [1.29, 1.82) is 0 Å². The summed E-state index contributed by atoms with van der Waals surface area (Å²) in [4.78, 5) is 92.7. The summed E-state index contributed by atoms with van der Waals surface area (Å²) in [5, 5.41) is 21.4. The first-order chi connectivity index (χ1) is 26.0. The largest absolute Gasteiger partial charge is 0.490 e. The molecule has 0 radical (unpaired) electrons. The Balaban J connectivity index is 1.22. The zero-order chi connectivity index (χ0) is 41.1. The minimum atomic E-state index is -5.97. The van der Waals surface area contributed by atoms with Gasteiger partial charge in [-0.2, -0.15) is 18.6 Å². The number of rotatable bonds is 15. The van der Waals surface area contributed by atoms with Crippen LogP contribution in [0.5, 0.6) is 0 Å². The van der Waals surface area contributed by atoms with E-state index in [-0.39, 0.29) is 34.2 Å². The number of H-pyrrole nitrogens is 2. The number of methoxy groups -OCH3 is 1. The predicted molar refractivity (Wildman–Crippen MR) is 176 cm³/mol. The number of nitrogen functional groups attached to an aromatic ring is 2. The van der Waals surface area contributed by atoms with Crippen molar-refractivity contribution in [2.24, 2.45) is 0 Å². The first-order valence-corrected chi connectivity index (χ1v) is 21.1. The van der Waals surface area contributed by atoms with Crippen molar-refractivity contribution < 1.29 is 89.3 Å². The summed E-state index contributed by atoms with van der Waals surface area (Å²) >= 11 is 0. The van der Waals surface area contributed by atoms with Crippen LogP contribution in [0.2, 0.25) is 0 Å². The normalized spacial score (nSPS) is 29.1. The monoisotopic (exact) mass is 882 g/mol. The Kier molecular flexibility index (Phi) is 11.6. The fourth-order valence-corrected chi connectivity index (χ4v) is 9.61. The maximum absolute atomic E-state index is 13.4. The van der Waals surface area contributed by atoms with E-state index in [0.29, 0.717) is 0 Å². The van der Waals surface area contributed by atoms with Crippen LogP contribution in [0.15, 0.2) is 22.2 Å². The van der Waals surface area contributed by atoms with Crippen LogP contribution in [-0.4, -0.2) is 131 Å². The van der Waals surface area contributed by atoms with E-state index in [4.69, 9.17) is 44.5 Å². The van der Waals surface area contributed by atoms with Crippen molar-refractivity contribution in [3.05, 3.63) is 33.4 Å². The first-order valence-electron chi connectivity index (χ1n) is 15.1. The lowest BCUT2D eigenvalue weighted by Gasteiger charge is -2.26. The number of nitrogens with zero attached hydrogens (tertiary/aromatic N) is 6. The number of phosphoric acid groups is 4. The Bertz CT molecular complexity index is 2430. The van der Waals surface area contributed by atoms with E-state index >= 15 is 0 Å². The Hall–Kier alpha value is -3.38. The molecule has 4 unspecified atom stereocenters. The van der Waals surface area contributed by atoms with E-state index in [2.05, 4.69) is 43.0 Å². The summed E-state index contributed by atoms with van der Waals surface area (Å²) in [5.74, 6) is -0.681. The zero-order valence-electron chi connectivity index (χ0n) is 27.7. The van der Waals surface area contributed by atoms with Gasteiger partial charge < -0.3 is 60.4 Å². The van der Waals surface area contributed by atoms with Crippen LogP contribution >= 0.6 is 31.3 Å². The summed E-state index contributed by atoms with van der Waals surface area (Å²) in [6.07, 6.45) is -11.3. The third-order valence-corrected chi connectivity index (χ3v) is 12.6. The molecule has 2 aliphatic rings. The fraction of sp³-hybridized carbons (Fsp3) is 0.524. The molecule has 0 aromatic carbocycles. The third kappa shape index (κ3) is 9.01. The highest BCUT2D eigenvalue weighted by atomic mass is 31.3. The molecule has 0 amide bonds. The van der Waals surface area contributed by atoms with Crippen molar-refractivity contribution >= 4 is 65.5 Å². The van der Waals surface area contributed by atoms with Crippen LogP contribution in [0.4, 0.5) is 11.9 Å². The van der Waals surface area contributed by atoms with Gasteiger partial charge in [-0.1, -0.05) is 0 Å². The van der Waals surface area contributed by atoms with Gasteiger partial charge in [0.25, 0.3) is 11.1 Å². The average Bonchev–Trinajstić information content (AvgIpc) is 3.81. The molecule has 4 aromatic heterocycles. The van der Waals surface area contributed by atoms with E-state index in [1.165, 1.54) is 0 Å². The number of aliphatic hydroxyl groups excluding tert-OH is 2. The number of aromatic nitrogens is 8. The quantitative estimate of drug-likeness (QED) is 0.0524. The van der Waals surface area contributed by atoms with Gasteiger partial charge in [-0.15, -0.1) is 0 Å². The third-order valence-electron chi connectivity index (χ3n) is 7.82. The molecule has 310 valence electrons. The van der Waals surface area contributed by atoms with Crippen LogP contribution in [0.25, 0.3) is 22.3 Å². The van der Waals surface area contributed by atoms with Crippen molar-refractivity contribution in [3.63, 3.8) is 0 Å². The van der Waals surface area contributed by atoms with E-state index in [9.17, 15) is 52.7 Å². The van der Waals surface area contributed by atoms with Gasteiger partial charge in [-0.25, -0.2) is 28.2 Å². The molecule has 31 nitrogen and oxygen atoms in total. The Labute approximate surface area is 308 Å². The average molecular weight is 882 g/mol. The van der Waals surface area contributed by atoms with Gasteiger partial charge in [0.15, 0.2) is 34.8 Å². The van der Waals surface area contributed by atoms with Crippen molar-refractivity contribution in [2.45, 2.75) is 49.1 Å². The molecule has 6 heterocycles. The number of anilines is 2. The highest BCUT2D eigenvalue weighted by Gasteiger charge is 2.53. The number of hydrogen-bond acceptors (Lipinski definition) is 22. The minimum absolute atomic E-state index is 0.142. The van der Waals surface area contributed by atoms with Crippen molar-refractivity contribution in [1.82, 2.24) is 39.0 Å². The van der Waals surface area contributed by atoms with Crippen LogP contribution in [-0.2, 0) is 54.7 Å². The molecule has 0 saturated carbocycles. The molecule has 0 bridgehead atoms. The van der Waals surface area contributed by atoms with Crippen LogP contribution < -0.4 is 22.6 Å². The predicted octanol–water partition coefficient (Wildman–Crippen LogP) is -3.21. The van der Waals surface area contributed by atoms with Gasteiger partial charge in [0.1, 0.15) is 36.6 Å². The second-order valence-electron chi connectivity index (χ2n) is 11.6. The van der Waals surface area contributed by atoms with Gasteiger partial charge in [-0.05, 0) is 0 Å². The number of imidazole rings is 2. The highest BCUT2D eigenvalue weighted by molar-refractivity contribution is 7.66. The fourth-order valence-electron chi connectivity index (χ4n) is 5.62. The zero-order valence-corrected chi connectivity index (χ0v) is 31.2. The highest BCUT2D eigenvalue weighted by Crippen LogP contribution is 2.66. The second-order valence-corrected chi connectivity index (χ2v) is 17.4. The molecule has 6 rings (SSSR count). The summed E-state index contributed by atoms with van der Waals surface area (Å²) in [6.45, 7) is -2.21. The second kappa shape index (κ2) is 15.4. The van der Waals surface area contributed by atoms with Gasteiger partial charge in [0, 0.05) is 7.11 Å². The Morgan fingerprint density at radius 1 is 0.732 bits per heavy atom. The van der Waals surface area contributed by atoms with Gasteiger partial charge in [0.2, 0.25) is 11.9 Å². The summed E-state index contributed by atoms with van der Waals surface area (Å²) in [6, 6.07) is 0. The molecule has 56 heavy (non-hydrogen) atoms. The number of nitrogens with two attached hydrogens (primary N) is 2. The lowest BCUT2D eigenvalue weighted by atomic mass is 10.1. The maximum atomic E-state index is 13.4. The van der Waals surface area contributed by atoms with Crippen LogP contribution in [0.3, 0.4) is 0 Å². The number of aromatic amines is 2. The number of nitrogens with one attached hydrogen (secondary N) is 2. The molecule has 2 fully saturated rings. The number of ether oxygens (including phenoxy) is 3. The van der Waals surface area contributed by atoms with Crippen LogP contribution in [0.1, 0.15) is 12.5 Å². The molecule has 4 aromatic rings. The molecular formula is C21H30N10O21P4. The maximum Gasteiger partial charge on any atom is 0.490 e.